The van der Waals surface area contributed by atoms with Gasteiger partial charge in [-0.3, -0.25) is 0 Å². The van der Waals surface area contributed by atoms with Crippen molar-refractivity contribution in [2.45, 2.75) is 73.1 Å². The number of hydrogen-bond donors (Lipinski definition) is 2. The van der Waals surface area contributed by atoms with Gasteiger partial charge in [0.1, 0.15) is 5.82 Å². The smallest absolute Gasteiger partial charge is 0.129 e. The Balaban J connectivity index is 2.13. The lowest BCUT2D eigenvalue weighted by Crippen LogP contribution is -2.35. The van der Waals surface area contributed by atoms with Crippen LogP contribution in [-0.4, -0.2) is 12.0 Å². The average Bonchev–Trinajstić information content (AvgIpc) is 2.69. The van der Waals surface area contributed by atoms with Crippen LogP contribution in [0.1, 0.15) is 77.1 Å². The quantitative estimate of drug-likeness (QED) is 0.436. The molecular weight excluding hydrogens is 366 g/mol. The zero-order valence-corrected chi connectivity index (χ0v) is 19.6. The number of nitrogens with one attached hydrogen (secondary N) is 2. The van der Waals surface area contributed by atoms with Crippen molar-refractivity contribution in [1.29, 1.82) is 0 Å². The highest BCUT2D eigenvalue weighted by Crippen LogP contribution is 2.48. The van der Waals surface area contributed by atoms with Crippen LogP contribution in [0.25, 0.3) is 5.70 Å². The van der Waals surface area contributed by atoms with Crippen LogP contribution in [-0.2, 0) is 12.8 Å². The summed E-state index contributed by atoms with van der Waals surface area (Å²) in [5.74, 6) is 4.17. The number of pyridine rings is 1. The van der Waals surface area contributed by atoms with Gasteiger partial charge in [-0.2, -0.15) is 0 Å². The Hall–Kier alpha value is -2.47. The number of nitrogens with zero attached hydrogens (tertiary/aromatic N) is 1. The van der Waals surface area contributed by atoms with Gasteiger partial charge in [0.15, 0.2) is 0 Å². The summed E-state index contributed by atoms with van der Waals surface area (Å²) in [4.78, 5) is 5.12. The molecule has 0 aromatic carbocycles. The minimum atomic E-state index is 0.160. The molecule has 1 aliphatic heterocycles. The molecule has 0 radical (unpaired) electrons. The lowest BCUT2D eigenvalue weighted by atomic mass is 9.66. The fraction of sp³-hybridized carbons (Fsp3) is 0.519. The van der Waals surface area contributed by atoms with Crippen LogP contribution in [0.4, 0.5) is 5.82 Å². The Bertz CT molecular complexity index is 948. The maximum Gasteiger partial charge on any atom is 0.129 e. The van der Waals surface area contributed by atoms with Crippen LogP contribution >= 0.6 is 0 Å². The number of rotatable bonds is 6. The SMILES string of the molecule is C#CCCCCc1cc2c(nc1NC)C1=C(C(C)=C(CC)C(=C)N1)C(C(C)(C)C)C2. The van der Waals surface area contributed by atoms with Gasteiger partial charge < -0.3 is 10.6 Å². The molecule has 0 saturated heterocycles. The van der Waals surface area contributed by atoms with E-state index in [1.54, 1.807) is 0 Å². The molecule has 1 unspecified atom stereocenters. The van der Waals surface area contributed by atoms with E-state index >= 15 is 0 Å². The number of anilines is 1. The monoisotopic (exact) mass is 403 g/mol. The second-order valence-corrected chi connectivity index (χ2v) is 9.64. The zero-order valence-electron chi connectivity index (χ0n) is 19.6. The summed E-state index contributed by atoms with van der Waals surface area (Å²) >= 11 is 0. The van der Waals surface area contributed by atoms with Gasteiger partial charge in [0.25, 0.3) is 0 Å². The third-order valence-corrected chi connectivity index (χ3v) is 6.61. The van der Waals surface area contributed by atoms with Gasteiger partial charge in [-0.15, -0.1) is 12.3 Å². The molecule has 3 nitrogen and oxygen atoms in total. The molecular formula is C27H37N3. The topological polar surface area (TPSA) is 37.0 Å². The van der Waals surface area contributed by atoms with E-state index in [1.807, 2.05) is 7.05 Å². The number of hydrogen-bond acceptors (Lipinski definition) is 3. The van der Waals surface area contributed by atoms with Crippen molar-refractivity contribution in [1.82, 2.24) is 10.3 Å². The van der Waals surface area contributed by atoms with Crippen LogP contribution in [0.15, 0.2) is 35.1 Å². The Morgan fingerprint density at radius 2 is 2.07 bits per heavy atom. The molecule has 2 aliphatic rings. The van der Waals surface area contributed by atoms with Crippen molar-refractivity contribution < 1.29 is 0 Å². The van der Waals surface area contributed by atoms with E-state index < -0.39 is 0 Å². The summed E-state index contributed by atoms with van der Waals surface area (Å²) in [6.07, 6.45) is 11.4. The summed E-state index contributed by atoms with van der Waals surface area (Å²) in [7, 11) is 1.96. The number of unbranched alkanes of at least 4 members (excludes halogenated alkanes) is 2. The third-order valence-electron chi connectivity index (χ3n) is 6.61. The minimum absolute atomic E-state index is 0.160. The number of dihydropyridines is 1. The lowest BCUT2D eigenvalue weighted by Gasteiger charge is -2.42. The van der Waals surface area contributed by atoms with Gasteiger partial charge in [0.05, 0.1) is 11.4 Å². The van der Waals surface area contributed by atoms with E-state index in [1.165, 1.54) is 27.8 Å². The molecule has 160 valence electrons. The Morgan fingerprint density at radius 1 is 1.33 bits per heavy atom. The van der Waals surface area contributed by atoms with Crippen molar-refractivity contribution >= 4 is 11.5 Å². The van der Waals surface area contributed by atoms with Gasteiger partial charge in [0, 0.05) is 19.2 Å². The first-order valence-corrected chi connectivity index (χ1v) is 11.3. The highest BCUT2D eigenvalue weighted by atomic mass is 15.0. The van der Waals surface area contributed by atoms with E-state index in [-0.39, 0.29) is 5.41 Å². The predicted octanol–water partition coefficient (Wildman–Crippen LogP) is 6.24. The van der Waals surface area contributed by atoms with Gasteiger partial charge in [-0.05, 0) is 84.3 Å². The van der Waals surface area contributed by atoms with E-state index in [9.17, 15) is 0 Å². The van der Waals surface area contributed by atoms with Gasteiger partial charge in [-0.1, -0.05) is 34.3 Å². The fourth-order valence-corrected chi connectivity index (χ4v) is 4.96. The molecule has 3 heteroatoms. The van der Waals surface area contributed by atoms with Crippen LogP contribution < -0.4 is 10.6 Å². The molecule has 2 N–H and O–H groups in total. The van der Waals surface area contributed by atoms with Crippen LogP contribution in [0.2, 0.25) is 0 Å². The Kier molecular flexibility index (Phi) is 6.46. The maximum atomic E-state index is 5.42. The van der Waals surface area contributed by atoms with E-state index in [4.69, 9.17) is 11.4 Å². The normalized spacial score (nSPS) is 18.6. The molecule has 0 bridgehead atoms. The summed E-state index contributed by atoms with van der Waals surface area (Å²) in [6.45, 7) is 15.9. The molecule has 0 saturated carbocycles. The van der Waals surface area contributed by atoms with Crippen LogP contribution in [0, 0.1) is 23.7 Å². The molecule has 30 heavy (non-hydrogen) atoms. The second kappa shape index (κ2) is 8.72. The molecule has 0 amide bonds. The first-order chi connectivity index (χ1) is 14.2. The fourth-order valence-electron chi connectivity index (χ4n) is 4.96. The molecule has 0 spiro atoms. The van der Waals surface area contributed by atoms with Crippen molar-refractivity contribution in [2.75, 3.05) is 12.4 Å². The molecule has 0 fully saturated rings. The number of aryl methyl sites for hydroxylation is 1. The summed E-state index contributed by atoms with van der Waals surface area (Å²) in [5, 5.41) is 6.98. The number of aromatic nitrogens is 1. The van der Waals surface area contributed by atoms with E-state index in [0.29, 0.717) is 5.92 Å². The number of fused-ring (bicyclic) bond motifs is 2. The third kappa shape index (κ3) is 4.06. The maximum absolute atomic E-state index is 5.42. The second-order valence-electron chi connectivity index (χ2n) is 9.64. The van der Waals surface area contributed by atoms with Crippen molar-refractivity contribution in [2.24, 2.45) is 11.3 Å². The van der Waals surface area contributed by atoms with Crippen molar-refractivity contribution in [3.63, 3.8) is 0 Å². The largest absolute Gasteiger partial charge is 0.373 e. The van der Waals surface area contributed by atoms with Crippen molar-refractivity contribution in [3.8, 4) is 12.3 Å². The van der Waals surface area contributed by atoms with Crippen LogP contribution in [0.3, 0.4) is 0 Å². The Morgan fingerprint density at radius 3 is 2.67 bits per heavy atom. The molecule has 2 heterocycles. The molecule has 1 aromatic heterocycles. The minimum Gasteiger partial charge on any atom is -0.373 e. The highest BCUT2D eigenvalue weighted by molar-refractivity contribution is 5.79. The molecule has 1 aromatic rings. The first kappa shape index (κ1) is 22.2. The standard InChI is InChI=1S/C27H37N3/c1-9-11-12-13-14-19-15-20-16-22(27(5,6)7)23-17(3)21(10-2)18(4)29-25(23)24(20)30-26(19)28-8/h1,15,22,29H,4,10-14,16H2,2-3,5-8H3,(H,28,30). The lowest BCUT2D eigenvalue weighted by molar-refractivity contribution is 0.276. The number of allylic oxidation sites excluding steroid dienone is 3. The van der Waals surface area contributed by atoms with Gasteiger partial charge in [0.2, 0.25) is 0 Å². The van der Waals surface area contributed by atoms with Crippen molar-refractivity contribution in [3.05, 3.63) is 51.9 Å². The molecule has 1 aliphatic carbocycles. The summed E-state index contributed by atoms with van der Waals surface area (Å²) < 4.78 is 0. The molecule has 3 rings (SSSR count). The molecule has 1 atom stereocenters. The highest BCUT2D eigenvalue weighted by Gasteiger charge is 2.39. The summed E-state index contributed by atoms with van der Waals surface area (Å²) in [5.41, 5.74) is 10.2. The summed E-state index contributed by atoms with van der Waals surface area (Å²) in [6, 6.07) is 2.38. The van der Waals surface area contributed by atoms with Crippen LogP contribution in [0.5, 0.6) is 0 Å². The van der Waals surface area contributed by atoms with E-state index in [0.717, 1.165) is 61.4 Å². The first-order valence-electron chi connectivity index (χ1n) is 11.3. The average molecular weight is 404 g/mol. The number of terminal acetylenes is 1. The predicted molar refractivity (Wildman–Crippen MR) is 129 cm³/mol. The zero-order chi connectivity index (χ0) is 22.1. The Labute approximate surface area is 183 Å². The van der Waals surface area contributed by atoms with Gasteiger partial charge >= 0.3 is 0 Å². The van der Waals surface area contributed by atoms with Gasteiger partial charge in [-0.25, -0.2) is 4.98 Å². The van der Waals surface area contributed by atoms with E-state index in [2.05, 4.69) is 63.8 Å².